The molecule has 0 radical (unpaired) electrons. The van der Waals surface area contributed by atoms with Crippen LogP contribution in [-0.4, -0.2) is 28.8 Å². The molecule has 7 heteroatoms. The maximum Gasteiger partial charge on any atom is 0.255 e. The number of anilines is 1. The summed E-state index contributed by atoms with van der Waals surface area (Å²) >= 11 is 7.77. The van der Waals surface area contributed by atoms with Crippen LogP contribution in [-0.2, 0) is 11.3 Å². The highest BCUT2D eigenvalue weighted by atomic mass is 35.5. The van der Waals surface area contributed by atoms with E-state index in [0.717, 1.165) is 16.4 Å². The van der Waals surface area contributed by atoms with Gasteiger partial charge in [0, 0.05) is 47.0 Å². The summed E-state index contributed by atoms with van der Waals surface area (Å²) in [6.07, 6.45) is 5.57. The van der Waals surface area contributed by atoms with Gasteiger partial charge in [-0.05, 0) is 36.6 Å². The largest absolute Gasteiger partial charge is 0.380 e. The van der Waals surface area contributed by atoms with E-state index in [0.29, 0.717) is 22.9 Å². The predicted molar refractivity (Wildman–Crippen MR) is 105 cm³/mol. The van der Waals surface area contributed by atoms with E-state index < -0.39 is 0 Å². The van der Waals surface area contributed by atoms with E-state index in [2.05, 4.69) is 10.3 Å². The van der Waals surface area contributed by atoms with Crippen molar-refractivity contribution in [2.24, 2.45) is 0 Å². The Bertz CT molecular complexity index is 927. The molecule has 1 aromatic heterocycles. The van der Waals surface area contributed by atoms with Crippen molar-refractivity contribution in [2.45, 2.75) is 11.8 Å². The summed E-state index contributed by atoms with van der Waals surface area (Å²) in [5.74, 6) is -0.211. The lowest BCUT2D eigenvalue weighted by molar-refractivity contribution is 0.102. The maximum atomic E-state index is 12.7. The Morgan fingerprint density at radius 3 is 2.88 bits per heavy atom. The topological polar surface area (TPSA) is 56.1 Å². The van der Waals surface area contributed by atoms with Crippen molar-refractivity contribution >= 4 is 35.0 Å². The molecule has 1 N–H and O–H groups in total. The summed E-state index contributed by atoms with van der Waals surface area (Å²) in [5.41, 5.74) is 2.82. The summed E-state index contributed by atoms with van der Waals surface area (Å²) < 4.78 is 7.12. The Balaban J connectivity index is 1.88. The zero-order valence-electron chi connectivity index (χ0n) is 14.4. The second kappa shape index (κ2) is 8.40. The van der Waals surface area contributed by atoms with E-state index in [-0.39, 0.29) is 5.91 Å². The minimum absolute atomic E-state index is 0.211. The fraction of sp³-hybridized carbons (Fsp3) is 0.158. The van der Waals surface area contributed by atoms with Gasteiger partial charge in [0.1, 0.15) is 0 Å². The summed E-state index contributed by atoms with van der Waals surface area (Å²) in [5, 5.41) is 4.34. The minimum Gasteiger partial charge on any atom is -0.380 e. The number of carbonyl (C=O) groups excluding carboxylic acids is 1. The first-order chi connectivity index (χ1) is 12.6. The number of carbonyl (C=O) groups is 1. The molecule has 1 amide bonds. The molecule has 0 saturated heterocycles. The number of halogens is 1. The normalized spacial score (nSPS) is 10.7. The number of amides is 1. The van der Waals surface area contributed by atoms with Crippen molar-refractivity contribution in [1.29, 1.82) is 0 Å². The quantitative estimate of drug-likeness (QED) is 0.625. The molecule has 0 atom stereocenters. The standard InChI is InChI=1S/C19H18ClN3O2S/c1-25-12-15-16(20)7-4-8-17(15)22-18(24)13-5-3-6-14(11-13)23-10-9-21-19(23)26-2/h3-11H,12H2,1-2H3,(H,22,24). The van der Waals surface area contributed by atoms with Crippen LogP contribution in [0.15, 0.2) is 60.0 Å². The predicted octanol–water partition coefficient (Wildman–Crippen LogP) is 4.65. The van der Waals surface area contributed by atoms with Gasteiger partial charge in [-0.25, -0.2) is 4.98 Å². The van der Waals surface area contributed by atoms with Crippen LogP contribution in [0.5, 0.6) is 0 Å². The molecule has 2 aromatic carbocycles. The first-order valence-electron chi connectivity index (χ1n) is 7.89. The number of thioether (sulfide) groups is 1. The third-order valence-electron chi connectivity index (χ3n) is 3.83. The number of hydrogen-bond donors (Lipinski definition) is 1. The van der Waals surface area contributed by atoms with Gasteiger partial charge < -0.3 is 10.1 Å². The Morgan fingerprint density at radius 1 is 1.31 bits per heavy atom. The molecule has 0 fully saturated rings. The molecule has 0 saturated carbocycles. The molecule has 3 aromatic rings. The number of nitrogens with zero attached hydrogens (tertiary/aromatic N) is 2. The SMILES string of the molecule is COCc1c(Cl)cccc1NC(=O)c1cccc(-n2ccnc2SC)c1. The maximum absolute atomic E-state index is 12.7. The van der Waals surface area contributed by atoms with Gasteiger partial charge in [-0.1, -0.05) is 35.5 Å². The monoisotopic (exact) mass is 387 g/mol. The van der Waals surface area contributed by atoms with Crippen LogP contribution in [0.25, 0.3) is 5.69 Å². The van der Waals surface area contributed by atoms with Crippen LogP contribution in [0.2, 0.25) is 5.02 Å². The molecule has 1 heterocycles. The highest BCUT2D eigenvalue weighted by molar-refractivity contribution is 7.98. The van der Waals surface area contributed by atoms with Crippen LogP contribution in [0, 0.1) is 0 Å². The van der Waals surface area contributed by atoms with Crippen molar-refractivity contribution in [2.75, 3.05) is 18.7 Å². The van der Waals surface area contributed by atoms with Gasteiger partial charge >= 0.3 is 0 Å². The molecular formula is C19H18ClN3O2S. The molecule has 0 bridgehead atoms. The van der Waals surface area contributed by atoms with E-state index in [1.165, 1.54) is 0 Å². The number of nitrogens with one attached hydrogen (secondary N) is 1. The average Bonchev–Trinajstić information content (AvgIpc) is 3.13. The lowest BCUT2D eigenvalue weighted by Gasteiger charge is -2.13. The molecule has 26 heavy (non-hydrogen) atoms. The lowest BCUT2D eigenvalue weighted by atomic mass is 10.1. The van der Waals surface area contributed by atoms with E-state index in [4.69, 9.17) is 16.3 Å². The Labute approximate surface area is 161 Å². The van der Waals surface area contributed by atoms with Crippen molar-refractivity contribution < 1.29 is 9.53 Å². The molecule has 0 aliphatic carbocycles. The number of ether oxygens (including phenoxy) is 1. The summed E-state index contributed by atoms with van der Waals surface area (Å²) in [6, 6.07) is 12.8. The molecule has 5 nitrogen and oxygen atoms in total. The van der Waals surface area contributed by atoms with E-state index in [1.54, 1.807) is 43.3 Å². The number of benzene rings is 2. The van der Waals surface area contributed by atoms with Gasteiger partial charge in [0.15, 0.2) is 5.16 Å². The molecular weight excluding hydrogens is 370 g/mol. The van der Waals surface area contributed by atoms with Gasteiger partial charge in [-0.3, -0.25) is 9.36 Å². The summed E-state index contributed by atoms with van der Waals surface area (Å²) in [6.45, 7) is 0.321. The first kappa shape index (κ1) is 18.5. The van der Waals surface area contributed by atoms with E-state index >= 15 is 0 Å². The zero-order valence-corrected chi connectivity index (χ0v) is 16.0. The number of rotatable bonds is 6. The van der Waals surface area contributed by atoms with Crippen molar-refractivity contribution in [3.05, 3.63) is 71.0 Å². The smallest absolute Gasteiger partial charge is 0.255 e. The fourth-order valence-corrected chi connectivity index (χ4v) is 3.35. The van der Waals surface area contributed by atoms with Crippen LogP contribution in [0.4, 0.5) is 5.69 Å². The van der Waals surface area contributed by atoms with E-state index in [9.17, 15) is 4.79 Å². The number of methoxy groups -OCH3 is 1. The Kier molecular flexibility index (Phi) is 5.98. The molecule has 134 valence electrons. The van der Waals surface area contributed by atoms with Crippen LogP contribution in [0.3, 0.4) is 0 Å². The first-order valence-corrected chi connectivity index (χ1v) is 9.49. The Hall–Kier alpha value is -2.28. The number of imidazole rings is 1. The molecule has 0 unspecified atom stereocenters. The Morgan fingerprint density at radius 2 is 2.12 bits per heavy atom. The van der Waals surface area contributed by atoms with E-state index in [1.807, 2.05) is 41.3 Å². The lowest BCUT2D eigenvalue weighted by Crippen LogP contribution is -2.14. The third kappa shape index (κ3) is 3.93. The minimum atomic E-state index is -0.211. The van der Waals surface area contributed by atoms with Crippen LogP contribution in [0.1, 0.15) is 15.9 Å². The molecule has 3 rings (SSSR count). The highest BCUT2D eigenvalue weighted by Crippen LogP contribution is 2.26. The highest BCUT2D eigenvalue weighted by Gasteiger charge is 2.13. The molecule has 0 aliphatic heterocycles. The van der Waals surface area contributed by atoms with Crippen LogP contribution < -0.4 is 5.32 Å². The van der Waals surface area contributed by atoms with Gasteiger partial charge in [0.05, 0.1) is 6.61 Å². The van der Waals surface area contributed by atoms with Crippen molar-refractivity contribution in [1.82, 2.24) is 9.55 Å². The summed E-state index contributed by atoms with van der Waals surface area (Å²) in [7, 11) is 1.59. The van der Waals surface area contributed by atoms with Crippen LogP contribution >= 0.6 is 23.4 Å². The molecule has 0 aliphatic rings. The second-order valence-corrected chi connectivity index (χ2v) is 6.67. The van der Waals surface area contributed by atoms with Crippen molar-refractivity contribution in [3.8, 4) is 5.69 Å². The van der Waals surface area contributed by atoms with Gasteiger partial charge in [-0.2, -0.15) is 0 Å². The third-order valence-corrected chi connectivity index (χ3v) is 4.85. The van der Waals surface area contributed by atoms with Crippen molar-refractivity contribution in [3.63, 3.8) is 0 Å². The average molecular weight is 388 g/mol. The zero-order chi connectivity index (χ0) is 18.5. The van der Waals surface area contributed by atoms with Gasteiger partial charge in [0.25, 0.3) is 5.91 Å². The van der Waals surface area contributed by atoms with Gasteiger partial charge in [-0.15, -0.1) is 0 Å². The summed E-state index contributed by atoms with van der Waals surface area (Å²) in [4.78, 5) is 17.0. The molecule has 0 spiro atoms. The van der Waals surface area contributed by atoms with Gasteiger partial charge in [0.2, 0.25) is 0 Å². The second-order valence-electron chi connectivity index (χ2n) is 5.49. The number of hydrogen-bond acceptors (Lipinski definition) is 4. The fourth-order valence-electron chi connectivity index (χ4n) is 2.60. The number of aromatic nitrogens is 2.